The van der Waals surface area contributed by atoms with Crippen LogP contribution < -0.4 is 0 Å². The minimum atomic E-state index is -2.00. The lowest BCUT2D eigenvalue weighted by Gasteiger charge is -2.33. The van der Waals surface area contributed by atoms with E-state index in [9.17, 15) is 0 Å². The van der Waals surface area contributed by atoms with E-state index in [0.29, 0.717) is 0 Å². The average Bonchev–Trinajstić information content (AvgIpc) is 2.64. The fourth-order valence-electron chi connectivity index (χ4n) is 1.74. The molecule has 0 aliphatic rings. The molecule has 27 heavy (non-hydrogen) atoms. The first-order valence-corrected chi connectivity index (χ1v) is 6.83. The Bertz CT molecular complexity index is 772. The van der Waals surface area contributed by atoms with Gasteiger partial charge in [0.25, 0.3) is 0 Å². The van der Waals surface area contributed by atoms with Crippen LogP contribution in [0.3, 0.4) is 0 Å². The summed E-state index contributed by atoms with van der Waals surface area (Å²) in [6.07, 6.45) is -1.23. The van der Waals surface area contributed by atoms with E-state index in [0.717, 1.165) is 0 Å². The quantitative estimate of drug-likeness (QED) is 0.252. The molecule has 19 heteroatoms. The maximum atomic E-state index is 8.75. The van der Waals surface area contributed by atoms with E-state index in [2.05, 4.69) is 60.2 Å². The zero-order valence-electron chi connectivity index (χ0n) is 14.0. The van der Waals surface area contributed by atoms with Gasteiger partial charge in [-0.3, -0.25) is 0 Å². The fourth-order valence-corrected chi connectivity index (χ4v) is 1.74. The van der Waals surface area contributed by atoms with Crippen LogP contribution >= 0.6 is 0 Å². The molecule has 0 aromatic heterocycles. The smallest absolute Gasteiger partial charge is 0.158 e. The number of ether oxygens (including phenoxy) is 1. The van der Waals surface area contributed by atoms with Crippen molar-refractivity contribution in [1.29, 1.82) is 0 Å². The molecule has 0 aliphatic carbocycles. The zero-order valence-corrected chi connectivity index (χ0v) is 14.0. The van der Waals surface area contributed by atoms with Gasteiger partial charge in [-0.05, 0) is 40.1 Å². The summed E-state index contributed by atoms with van der Waals surface area (Å²) in [6.45, 7) is 1.40. The summed E-state index contributed by atoms with van der Waals surface area (Å²) >= 11 is 0. The van der Waals surface area contributed by atoms with Gasteiger partial charge in [0, 0.05) is 36.0 Å². The molecular weight excluding hydrogens is 364 g/mol. The van der Waals surface area contributed by atoms with Crippen LogP contribution in [0.2, 0.25) is 0 Å². The molecule has 0 spiro atoms. The van der Waals surface area contributed by atoms with E-state index < -0.39 is 36.6 Å². The summed E-state index contributed by atoms with van der Waals surface area (Å²) in [5.74, 6) is 0. The summed E-state index contributed by atoms with van der Waals surface area (Å²) < 4.78 is 5.42. The molecule has 0 amide bonds. The van der Waals surface area contributed by atoms with Crippen LogP contribution in [0, 0.1) is 0 Å². The summed E-state index contributed by atoms with van der Waals surface area (Å²) in [4.78, 5) is 15.3. The Morgan fingerprint density at radius 3 is 1.63 bits per heavy atom. The van der Waals surface area contributed by atoms with Crippen LogP contribution in [0.1, 0.15) is 13.8 Å². The van der Waals surface area contributed by atoms with E-state index in [1.165, 1.54) is 13.8 Å². The SMILES string of the molecule is CC(N=[N+]=[N-])C(COC(C)C(CN=[N+]=[N-])(N=[N+]=[N-])N=[N+]=[N-])(N=[N+]=[N-])N=[N+]=[N-]. The van der Waals surface area contributed by atoms with E-state index in [1.54, 1.807) is 0 Å². The van der Waals surface area contributed by atoms with Gasteiger partial charge < -0.3 is 4.74 Å². The second-order valence-corrected chi connectivity index (χ2v) is 4.74. The first-order valence-electron chi connectivity index (χ1n) is 6.83. The van der Waals surface area contributed by atoms with Crippen molar-refractivity contribution in [3.05, 3.63) is 62.7 Å². The van der Waals surface area contributed by atoms with E-state index in [1.807, 2.05) is 0 Å². The molecule has 140 valence electrons. The van der Waals surface area contributed by atoms with Gasteiger partial charge in [0.15, 0.2) is 11.3 Å². The third-order valence-corrected chi connectivity index (χ3v) is 3.33. The van der Waals surface area contributed by atoms with Crippen molar-refractivity contribution < 1.29 is 4.74 Å². The van der Waals surface area contributed by atoms with E-state index in [-0.39, 0.29) is 0 Å². The van der Waals surface area contributed by atoms with Crippen LogP contribution in [0.15, 0.2) is 30.7 Å². The second-order valence-electron chi connectivity index (χ2n) is 4.74. The normalized spacial score (nSPS) is 15.8. The largest absolute Gasteiger partial charge is 0.377 e. The van der Waals surface area contributed by atoms with E-state index >= 15 is 0 Å². The third kappa shape index (κ3) is 5.99. The van der Waals surface area contributed by atoms with Crippen molar-refractivity contribution in [2.75, 3.05) is 13.2 Å². The lowest BCUT2D eigenvalue weighted by Crippen LogP contribution is -2.46. The highest BCUT2D eigenvalue weighted by atomic mass is 16.5. The van der Waals surface area contributed by atoms with Gasteiger partial charge in [0.1, 0.15) is 0 Å². The summed E-state index contributed by atoms with van der Waals surface area (Å²) in [6, 6.07) is -1.16. The monoisotopic (exact) mass is 376 g/mol. The van der Waals surface area contributed by atoms with Gasteiger partial charge in [-0.1, -0.05) is 37.6 Å². The molecule has 0 radical (unpaired) electrons. The zero-order chi connectivity index (χ0) is 20.8. The van der Waals surface area contributed by atoms with Gasteiger partial charge in [-0.2, -0.15) is 0 Å². The van der Waals surface area contributed by atoms with Crippen molar-refractivity contribution in [2.24, 2.45) is 30.7 Å². The van der Waals surface area contributed by atoms with E-state index in [4.69, 9.17) is 37.9 Å². The molecule has 0 aliphatic heterocycles. The lowest BCUT2D eigenvalue weighted by atomic mass is 10.0. The van der Waals surface area contributed by atoms with Crippen LogP contribution in [0.25, 0.3) is 62.7 Å². The molecule has 0 N–H and O–H groups in total. The van der Waals surface area contributed by atoms with Crippen molar-refractivity contribution in [3.63, 3.8) is 0 Å². The Labute approximate surface area is 149 Å². The molecule has 0 bridgehead atoms. The minimum absolute atomic E-state index is 0.583. The number of azide groups is 4. The highest BCUT2D eigenvalue weighted by Crippen LogP contribution is 2.28. The minimum Gasteiger partial charge on any atom is -0.377 e. The maximum absolute atomic E-state index is 8.75. The molecule has 0 fully saturated rings. The Kier molecular flexibility index (Phi) is 9.62. The van der Waals surface area contributed by atoms with Crippen LogP contribution in [-0.4, -0.2) is 36.6 Å². The number of nitrogens with zero attached hydrogens (tertiary/aromatic N) is 18. The van der Waals surface area contributed by atoms with Gasteiger partial charge in [0.2, 0.25) is 0 Å². The highest BCUT2D eigenvalue weighted by molar-refractivity contribution is 4.99. The molecule has 0 saturated heterocycles. The molecule has 19 nitrogen and oxygen atoms in total. The van der Waals surface area contributed by atoms with Crippen molar-refractivity contribution >= 4 is 0 Å². The van der Waals surface area contributed by atoms with Gasteiger partial charge >= 0.3 is 0 Å². The first kappa shape index (κ1) is 22.8. The predicted octanol–water partition coefficient (Wildman–Crippen LogP) is 5.03. The Morgan fingerprint density at radius 2 is 1.22 bits per heavy atom. The molecule has 2 unspecified atom stereocenters. The Hall–Kier alpha value is -4.18. The maximum Gasteiger partial charge on any atom is 0.158 e. The predicted molar refractivity (Wildman–Crippen MR) is 90.1 cm³/mol. The number of hydrogen-bond donors (Lipinski definition) is 0. The Morgan fingerprint density at radius 1 is 0.741 bits per heavy atom. The lowest BCUT2D eigenvalue weighted by molar-refractivity contribution is -0.0128. The van der Waals surface area contributed by atoms with Gasteiger partial charge in [-0.25, -0.2) is 0 Å². The standard InChI is InChI=1S/C8H12N18O/c1-5(16-22-10)8(19-25-13,20-26-14)4-27-6(2)7(17-23-11,18-24-12)3-15-21-9/h5-6H,3-4H2,1-2H3. The molecule has 0 aromatic rings. The third-order valence-electron chi connectivity index (χ3n) is 3.33. The Balaban J connectivity index is 6.02. The highest BCUT2D eigenvalue weighted by Gasteiger charge is 2.40. The van der Waals surface area contributed by atoms with Crippen molar-refractivity contribution in [1.82, 2.24) is 0 Å². The molecule has 0 rings (SSSR count). The average molecular weight is 376 g/mol. The first-order chi connectivity index (χ1) is 12.9. The van der Waals surface area contributed by atoms with Crippen LogP contribution in [0.4, 0.5) is 0 Å². The van der Waals surface area contributed by atoms with Crippen molar-refractivity contribution in [2.45, 2.75) is 37.3 Å². The van der Waals surface area contributed by atoms with Crippen molar-refractivity contribution in [3.8, 4) is 0 Å². The van der Waals surface area contributed by atoms with Crippen LogP contribution in [0.5, 0.6) is 0 Å². The number of hydrogen-bond acceptors (Lipinski definition) is 7. The molecule has 0 heterocycles. The molecule has 0 saturated carbocycles. The topological polar surface area (TPSA) is 302 Å². The van der Waals surface area contributed by atoms with Gasteiger partial charge in [-0.15, -0.1) is 0 Å². The van der Waals surface area contributed by atoms with Gasteiger partial charge in [0.05, 0.1) is 18.8 Å². The second kappa shape index (κ2) is 11.4. The fraction of sp³-hybridized carbons (Fsp3) is 1.00. The summed E-state index contributed by atoms with van der Waals surface area (Å²) in [5, 5.41) is 19.9. The summed E-state index contributed by atoms with van der Waals surface area (Å²) in [5.41, 5.74) is 48.0. The molecular formula is C8H12N18O. The molecule has 2 atom stereocenters. The van der Waals surface area contributed by atoms with Crippen LogP contribution in [-0.2, 0) is 4.74 Å². The molecule has 0 aromatic carbocycles. The number of rotatable bonds is 12. The summed E-state index contributed by atoms with van der Waals surface area (Å²) in [7, 11) is 0.